The lowest BCUT2D eigenvalue weighted by Crippen LogP contribution is -2.55. The third kappa shape index (κ3) is 6.69. The quantitative estimate of drug-likeness (QED) is 0.324. The van der Waals surface area contributed by atoms with E-state index >= 15 is 0 Å². The van der Waals surface area contributed by atoms with Gasteiger partial charge in [0.05, 0.1) is 18.2 Å². The highest BCUT2D eigenvalue weighted by Gasteiger charge is 2.45. The molecule has 0 aromatic heterocycles. The molecule has 4 amide bonds. The molecule has 0 radical (unpaired) electrons. The summed E-state index contributed by atoms with van der Waals surface area (Å²) >= 11 is 12.5. The van der Waals surface area contributed by atoms with Crippen molar-refractivity contribution < 1.29 is 19.1 Å². The monoisotopic (exact) mass is 635 g/mol. The molecule has 0 unspecified atom stereocenters. The van der Waals surface area contributed by atoms with Crippen LogP contribution in [0.15, 0.2) is 71.7 Å². The van der Waals surface area contributed by atoms with E-state index < -0.39 is 17.5 Å². The number of carbonyl (C=O) groups is 3. The van der Waals surface area contributed by atoms with Gasteiger partial charge in [-0.2, -0.15) is 0 Å². The topological polar surface area (TPSA) is 103 Å². The van der Waals surface area contributed by atoms with Crippen molar-refractivity contribution in [3.05, 3.63) is 93.5 Å². The average molecular weight is 637 g/mol. The van der Waals surface area contributed by atoms with Crippen LogP contribution in [0.2, 0.25) is 10.0 Å². The van der Waals surface area contributed by atoms with Crippen molar-refractivity contribution in [2.24, 2.45) is 10.4 Å². The van der Waals surface area contributed by atoms with E-state index in [0.717, 1.165) is 11.1 Å². The van der Waals surface area contributed by atoms with E-state index in [9.17, 15) is 14.4 Å². The Labute approximate surface area is 267 Å². The number of hydrogen-bond donors (Lipinski definition) is 2. The molecule has 1 saturated heterocycles. The van der Waals surface area contributed by atoms with E-state index in [0.29, 0.717) is 52.6 Å². The van der Waals surface area contributed by atoms with Crippen LogP contribution in [0.25, 0.3) is 0 Å². The molecule has 3 aromatic rings. The highest BCUT2D eigenvalue weighted by molar-refractivity contribution is 6.30. The average Bonchev–Trinajstić information content (AvgIpc) is 3.37. The first kappa shape index (κ1) is 31.3. The summed E-state index contributed by atoms with van der Waals surface area (Å²) in [5.41, 5.74) is 2.21. The maximum absolute atomic E-state index is 14.4. The molecule has 0 spiro atoms. The summed E-state index contributed by atoms with van der Waals surface area (Å²) in [6.45, 7) is 8.36. The summed E-state index contributed by atoms with van der Waals surface area (Å²) in [6, 6.07) is 18.6. The number of carbonyl (C=O) groups excluding carboxylic acids is 3. The molecule has 44 heavy (non-hydrogen) atoms. The summed E-state index contributed by atoms with van der Waals surface area (Å²) in [7, 11) is 0. The van der Waals surface area contributed by atoms with Crippen LogP contribution in [0.1, 0.15) is 56.5 Å². The summed E-state index contributed by atoms with van der Waals surface area (Å²) in [5.74, 6) is 0.474. The summed E-state index contributed by atoms with van der Waals surface area (Å²) in [5, 5.41) is 6.88. The molecule has 1 fully saturated rings. The highest BCUT2D eigenvalue weighted by Crippen LogP contribution is 2.45. The van der Waals surface area contributed by atoms with Gasteiger partial charge in [-0.15, -0.1) is 0 Å². The van der Waals surface area contributed by atoms with Crippen molar-refractivity contribution in [3.63, 3.8) is 0 Å². The molecule has 2 aliphatic heterocycles. The predicted molar refractivity (Wildman–Crippen MR) is 172 cm³/mol. The minimum atomic E-state index is -0.596. The maximum Gasteiger partial charge on any atom is 0.326 e. The van der Waals surface area contributed by atoms with Gasteiger partial charge in [-0.25, -0.2) is 4.79 Å². The lowest BCUT2D eigenvalue weighted by Gasteiger charge is -2.35. The van der Waals surface area contributed by atoms with Crippen LogP contribution in [-0.2, 0) is 9.59 Å². The predicted octanol–water partition coefficient (Wildman–Crippen LogP) is 6.47. The number of rotatable bonds is 6. The Bertz CT molecular complexity index is 1590. The minimum absolute atomic E-state index is 0.0718. The zero-order chi connectivity index (χ0) is 31.6. The van der Waals surface area contributed by atoms with E-state index in [1.165, 1.54) is 4.90 Å². The minimum Gasteiger partial charge on any atom is -0.493 e. The Balaban J connectivity index is 1.67. The molecule has 2 atom stereocenters. The number of nitrogens with one attached hydrogen (secondary N) is 2. The fourth-order valence-corrected chi connectivity index (χ4v) is 5.44. The number of aliphatic imine (C=N–C) groups is 1. The van der Waals surface area contributed by atoms with Gasteiger partial charge in [0.15, 0.2) is 0 Å². The van der Waals surface area contributed by atoms with Gasteiger partial charge in [-0.3, -0.25) is 19.5 Å². The number of piperazine rings is 1. The molecule has 230 valence electrons. The normalized spacial score (nSPS) is 18.5. The molecule has 5 rings (SSSR count). The van der Waals surface area contributed by atoms with Crippen molar-refractivity contribution in [2.75, 3.05) is 31.6 Å². The van der Waals surface area contributed by atoms with Crippen molar-refractivity contribution in [3.8, 4) is 5.75 Å². The number of urea groups is 1. The van der Waals surface area contributed by atoms with E-state index in [1.54, 1.807) is 47.4 Å². The lowest BCUT2D eigenvalue weighted by molar-refractivity contribution is -0.124. The van der Waals surface area contributed by atoms with Crippen LogP contribution in [-0.4, -0.2) is 59.7 Å². The Hall–Kier alpha value is -4.08. The van der Waals surface area contributed by atoms with Crippen LogP contribution in [0, 0.1) is 5.41 Å². The zero-order valence-electron chi connectivity index (χ0n) is 25.1. The third-order valence-electron chi connectivity index (χ3n) is 7.47. The Morgan fingerprint density at radius 1 is 1.00 bits per heavy atom. The lowest BCUT2D eigenvalue weighted by atomic mass is 9.93. The smallest absolute Gasteiger partial charge is 0.326 e. The fraction of sp³-hybridized carbons (Fsp3) is 0.333. The largest absolute Gasteiger partial charge is 0.493 e. The first-order valence-corrected chi connectivity index (χ1v) is 15.2. The number of anilines is 1. The van der Waals surface area contributed by atoms with Crippen molar-refractivity contribution in [2.45, 2.75) is 39.8 Å². The molecule has 0 bridgehead atoms. The second kappa shape index (κ2) is 12.9. The van der Waals surface area contributed by atoms with Crippen LogP contribution < -0.4 is 15.4 Å². The third-order valence-corrected chi connectivity index (χ3v) is 7.97. The van der Waals surface area contributed by atoms with Gasteiger partial charge in [0, 0.05) is 40.3 Å². The summed E-state index contributed by atoms with van der Waals surface area (Å²) in [6.07, 6.45) is 0. The number of benzene rings is 3. The highest BCUT2D eigenvalue weighted by atomic mass is 35.5. The van der Waals surface area contributed by atoms with Gasteiger partial charge in [-0.05, 0) is 54.4 Å². The van der Waals surface area contributed by atoms with Crippen LogP contribution in [0.5, 0.6) is 5.75 Å². The van der Waals surface area contributed by atoms with Crippen molar-refractivity contribution >= 4 is 52.6 Å². The summed E-state index contributed by atoms with van der Waals surface area (Å²) in [4.78, 5) is 47.9. The van der Waals surface area contributed by atoms with E-state index in [-0.39, 0.29) is 24.4 Å². The Morgan fingerprint density at radius 3 is 2.23 bits per heavy atom. The molecule has 11 heteroatoms. The molecule has 2 N–H and O–H groups in total. The molecule has 3 aromatic carbocycles. The maximum atomic E-state index is 14.4. The van der Waals surface area contributed by atoms with Crippen molar-refractivity contribution in [1.29, 1.82) is 0 Å². The van der Waals surface area contributed by atoms with Crippen LogP contribution >= 0.6 is 23.2 Å². The second-order valence-corrected chi connectivity index (χ2v) is 12.6. The number of nitrogens with zero attached hydrogens (tertiary/aromatic N) is 3. The van der Waals surface area contributed by atoms with Gasteiger partial charge in [0.1, 0.15) is 24.2 Å². The first-order valence-electron chi connectivity index (χ1n) is 14.5. The fourth-order valence-electron chi connectivity index (χ4n) is 5.19. The molecule has 0 aliphatic carbocycles. The molecular weight excluding hydrogens is 601 g/mol. The number of hydrogen-bond acceptors (Lipinski definition) is 5. The molecule has 2 aliphatic rings. The van der Waals surface area contributed by atoms with E-state index in [4.69, 9.17) is 32.9 Å². The molecule has 2 heterocycles. The molecule has 0 saturated carbocycles. The van der Waals surface area contributed by atoms with Gasteiger partial charge >= 0.3 is 6.03 Å². The number of amides is 4. The van der Waals surface area contributed by atoms with E-state index in [1.807, 2.05) is 52.0 Å². The van der Waals surface area contributed by atoms with Crippen molar-refractivity contribution in [1.82, 2.24) is 15.1 Å². The number of ether oxygens (including phenoxy) is 1. The first-order chi connectivity index (χ1) is 21.0. The van der Waals surface area contributed by atoms with Crippen LogP contribution in [0.3, 0.4) is 0 Å². The number of amidine groups is 1. The zero-order valence-corrected chi connectivity index (χ0v) is 26.6. The standard InChI is InChI=1S/C33H35Cl2N5O4/c1-5-44-26-18-24(37-31(42)33(2,3)4)14-15-25(26)30-38-28(20-6-10-22(34)11-7-20)29(21-8-12-23(35)13-9-21)40(30)32(43)39-17-16-36-27(41)19-39/h6-15,18,28-29H,5,16-17,19H2,1-4H3,(H,36,41)(H,37,42)/t28-,29+/m0/s1. The number of halogens is 2. The van der Waals surface area contributed by atoms with Gasteiger partial charge < -0.3 is 20.3 Å². The molecule has 9 nitrogen and oxygen atoms in total. The van der Waals surface area contributed by atoms with E-state index in [2.05, 4.69) is 10.6 Å². The van der Waals surface area contributed by atoms with Gasteiger partial charge in [0.2, 0.25) is 11.8 Å². The molecular formula is C33H35Cl2N5O4. The summed E-state index contributed by atoms with van der Waals surface area (Å²) < 4.78 is 6.08. The SMILES string of the molecule is CCOc1cc(NC(=O)C(C)(C)C)ccc1C1=N[C@@H](c2ccc(Cl)cc2)[C@@H](c2ccc(Cl)cc2)N1C(=O)N1CCNC(=O)C1. The van der Waals surface area contributed by atoms with Crippen LogP contribution in [0.4, 0.5) is 10.5 Å². The Morgan fingerprint density at radius 2 is 1.64 bits per heavy atom. The van der Waals surface area contributed by atoms with Gasteiger partial charge in [-0.1, -0.05) is 68.2 Å². The Kier molecular flexibility index (Phi) is 9.18. The van der Waals surface area contributed by atoms with Gasteiger partial charge in [0.25, 0.3) is 0 Å². The second-order valence-electron chi connectivity index (χ2n) is 11.7.